The zero-order valence-electron chi connectivity index (χ0n) is 7.11. The summed E-state index contributed by atoms with van der Waals surface area (Å²) in [4.78, 5) is 5.48. The third-order valence-electron chi connectivity index (χ3n) is 1.96. The first-order valence-electron chi connectivity index (χ1n) is 4.13. The van der Waals surface area contributed by atoms with Crippen molar-refractivity contribution in [2.45, 2.75) is 31.3 Å². The van der Waals surface area contributed by atoms with Crippen LogP contribution in [0.15, 0.2) is 22.4 Å². The van der Waals surface area contributed by atoms with Crippen molar-refractivity contribution in [3.63, 3.8) is 0 Å². The van der Waals surface area contributed by atoms with Gasteiger partial charge >= 0.3 is 0 Å². The van der Waals surface area contributed by atoms with Gasteiger partial charge in [-0.3, -0.25) is 0 Å². The lowest BCUT2D eigenvalue weighted by atomic mass is 10.1. The van der Waals surface area contributed by atoms with Gasteiger partial charge in [0.05, 0.1) is 12.1 Å². The molecule has 0 fully saturated rings. The Morgan fingerprint density at radius 1 is 1.00 bits per heavy atom. The Morgan fingerprint density at radius 3 is 1.85 bits per heavy atom. The van der Waals surface area contributed by atoms with Gasteiger partial charge in [0, 0.05) is 9.82 Å². The molecule has 2 atom stereocenters. The van der Waals surface area contributed by atoms with Crippen LogP contribution in [0, 0.1) is 0 Å². The number of rotatable bonds is 2. The molecule has 13 heavy (non-hydrogen) atoms. The topological polar surface area (TPSA) is 97.5 Å². The maximum atomic E-state index is 8.22. The Hall–Kier alpha value is -1.64. The smallest absolute Gasteiger partial charge is 0.0555 e. The van der Waals surface area contributed by atoms with E-state index in [2.05, 4.69) is 20.1 Å². The molecule has 0 N–H and O–H groups in total. The quantitative estimate of drug-likeness (QED) is 0.268. The van der Waals surface area contributed by atoms with Crippen LogP contribution in [0.25, 0.3) is 20.9 Å². The van der Waals surface area contributed by atoms with Gasteiger partial charge in [-0.15, -0.1) is 0 Å². The molecule has 68 valence electrons. The van der Waals surface area contributed by atoms with Crippen LogP contribution < -0.4 is 0 Å². The van der Waals surface area contributed by atoms with E-state index in [9.17, 15) is 0 Å². The Balaban J connectivity index is 2.64. The first-order chi connectivity index (χ1) is 6.36. The molecule has 0 aliphatic heterocycles. The molecule has 1 aliphatic carbocycles. The van der Waals surface area contributed by atoms with Crippen LogP contribution in [0.2, 0.25) is 0 Å². The second-order valence-corrected chi connectivity index (χ2v) is 2.86. The Kier molecular flexibility index (Phi) is 3.70. The third kappa shape index (κ3) is 3.07. The van der Waals surface area contributed by atoms with Gasteiger partial charge in [0.2, 0.25) is 0 Å². The van der Waals surface area contributed by atoms with Crippen LogP contribution in [-0.4, -0.2) is 12.1 Å². The Bertz CT molecular complexity index is 255. The van der Waals surface area contributed by atoms with Gasteiger partial charge in [-0.25, -0.2) is 0 Å². The summed E-state index contributed by atoms with van der Waals surface area (Å²) in [7, 11) is 0. The average Bonchev–Trinajstić information content (AvgIpc) is 2.33. The number of hydrogen-bond acceptors (Lipinski definition) is 2. The summed E-state index contributed by atoms with van der Waals surface area (Å²) in [6, 6.07) is -0.159. The minimum atomic E-state index is -0.0797. The van der Waals surface area contributed by atoms with Crippen LogP contribution in [0.5, 0.6) is 0 Å². The van der Waals surface area contributed by atoms with Gasteiger partial charge < -0.3 is 0 Å². The molecule has 0 bridgehead atoms. The molecule has 0 saturated carbocycles. The van der Waals surface area contributed by atoms with E-state index >= 15 is 0 Å². The lowest BCUT2D eigenvalue weighted by Gasteiger charge is -2.00. The van der Waals surface area contributed by atoms with Crippen LogP contribution >= 0.6 is 0 Å². The van der Waals surface area contributed by atoms with E-state index in [4.69, 9.17) is 11.1 Å². The summed E-state index contributed by atoms with van der Waals surface area (Å²) in [6.45, 7) is 0. The summed E-state index contributed by atoms with van der Waals surface area (Å²) >= 11 is 0. The predicted octanol–water partition coefficient (Wildman–Crippen LogP) is 3.08. The second kappa shape index (κ2) is 5.09. The molecule has 0 aromatic heterocycles. The maximum Gasteiger partial charge on any atom is 0.0555 e. The van der Waals surface area contributed by atoms with Gasteiger partial charge in [-0.1, -0.05) is 28.8 Å². The van der Waals surface area contributed by atoms with Crippen LogP contribution in [0.1, 0.15) is 19.3 Å². The molecule has 0 heterocycles. The highest BCUT2D eigenvalue weighted by Crippen LogP contribution is 2.16. The van der Waals surface area contributed by atoms with Gasteiger partial charge in [-0.05, 0) is 23.9 Å². The molecule has 1 rings (SSSR count). The summed E-state index contributed by atoms with van der Waals surface area (Å²) in [5.41, 5.74) is 16.4. The van der Waals surface area contributed by atoms with Crippen LogP contribution in [0.4, 0.5) is 0 Å². The highest BCUT2D eigenvalue weighted by Gasteiger charge is 2.10. The molecule has 0 saturated heterocycles. The van der Waals surface area contributed by atoms with Gasteiger partial charge in [0.15, 0.2) is 0 Å². The fraction of sp³-hybridized carbons (Fsp3) is 0.714. The highest BCUT2D eigenvalue weighted by atomic mass is 15.2. The maximum absolute atomic E-state index is 8.22. The summed E-state index contributed by atoms with van der Waals surface area (Å²) < 4.78 is 0. The SMILES string of the molecule is [N-]=[N+]=N[C@@H]1C=C[C@H](N=[N+]=[N-])CCC1. The van der Waals surface area contributed by atoms with Crippen molar-refractivity contribution in [3.05, 3.63) is 33.0 Å². The predicted molar refractivity (Wildman–Crippen MR) is 48.9 cm³/mol. The lowest BCUT2D eigenvalue weighted by molar-refractivity contribution is 0.620. The molecule has 6 heteroatoms. The lowest BCUT2D eigenvalue weighted by Crippen LogP contribution is -1.96. The molecular formula is C7H10N6. The standard InChI is InChI=1S/C7H10N6/c8-12-10-6-2-1-3-7(5-4-6)11-13-9/h4-7H,1-3H2/t6-,7+. The highest BCUT2D eigenvalue weighted by molar-refractivity contribution is 5.02. The van der Waals surface area contributed by atoms with Crippen molar-refractivity contribution in [3.8, 4) is 0 Å². The Morgan fingerprint density at radius 2 is 1.46 bits per heavy atom. The summed E-state index contributed by atoms with van der Waals surface area (Å²) in [5.74, 6) is 0. The van der Waals surface area contributed by atoms with E-state index in [0.29, 0.717) is 0 Å². The molecule has 0 spiro atoms. The summed E-state index contributed by atoms with van der Waals surface area (Å²) in [5, 5.41) is 7.19. The minimum absolute atomic E-state index is 0.0797. The van der Waals surface area contributed by atoms with E-state index in [-0.39, 0.29) is 12.1 Å². The van der Waals surface area contributed by atoms with Gasteiger partial charge in [0.1, 0.15) is 0 Å². The first-order valence-corrected chi connectivity index (χ1v) is 4.13. The molecule has 0 aromatic carbocycles. The van der Waals surface area contributed by atoms with Crippen LogP contribution in [0.3, 0.4) is 0 Å². The molecule has 6 nitrogen and oxygen atoms in total. The van der Waals surface area contributed by atoms with Crippen molar-refractivity contribution >= 4 is 0 Å². The van der Waals surface area contributed by atoms with Gasteiger partial charge in [-0.2, -0.15) is 0 Å². The van der Waals surface area contributed by atoms with Crippen LogP contribution in [-0.2, 0) is 0 Å². The zero-order chi connectivity index (χ0) is 9.52. The largest absolute Gasteiger partial charge is 0.0866 e. The molecule has 0 unspecified atom stereocenters. The van der Waals surface area contributed by atoms with Crippen molar-refractivity contribution in [2.75, 3.05) is 0 Å². The van der Waals surface area contributed by atoms with Crippen molar-refractivity contribution in [1.82, 2.24) is 0 Å². The fourth-order valence-corrected chi connectivity index (χ4v) is 1.31. The monoisotopic (exact) mass is 178 g/mol. The van der Waals surface area contributed by atoms with Crippen molar-refractivity contribution in [2.24, 2.45) is 10.2 Å². The average molecular weight is 178 g/mol. The molecule has 0 radical (unpaired) electrons. The molecule has 1 aliphatic rings. The Labute approximate surface area is 75.5 Å². The van der Waals surface area contributed by atoms with E-state index in [0.717, 1.165) is 19.3 Å². The second-order valence-electron chi connectivity index (χ2n) is 2.86. The number of azide groups is 2. The zero-order valence-corrected chi connectivity index (χ0v) is 7.11. The third-order valence-corrected chi connectivity index (χ3v) is 1.96. The number of hydrogen-bond donors (Lipinski definition) is 0. The molecule has 0 aromatic rings. The minimum Gasteiger partial charge on any atom is -0.0866 e. The van der Waals surface area contributed by atoms with Gasteiger partial charge in [0.25, 0.3) is 0 Å². The normalized spacial score (nSPS) is 26.8. The number of nitrogens with zero attached hydrogens (tertiary/aromatic N) is 6. The first kappa shape index (κ1) is 9.45. The summed E-state index contributed by atoms with van der Waals surface area (Å²) in [6.07, 6.45) is 6.20. The van der Waals surface area contributed by atoms with E-state index in [1.165, 1.54) is 0 Å². The van der Waals surface area contributed by atoms with E-state index in [1.807, 2.05) is 12.2 Å². The van der Waals surface area contributed by atoms with Crippen molar-refractivity contribution < 1.29 is 0 Å². The molecular weight excluding hydrogens is 168 g/mol. The fourth-order valence-electron chi connectivity index (χ4n) is 1.31. The molecule has 0 amide bonds. The van der Waals surface area contributed by atoms with E-state index < -0.39 is 0 Å². The van der Waals surface area contributed by atoms with E-state index in [1.54, 1.807) is 0 Å². The van der Waals surface area contributed by atoms with Crippen molar-refractivity contribution in [1.29, 1.82) is 0 Å².